The van der Waals surface area contributed by atoms with Crippen molar-refractivity contribution in [3.05, 3.63) is 53.1 Å². The smallest absolute Gasteiger partial charge is 0.258 e. The molecule has 0 atom stereocenters. The fourth-order valence-corrected chi connectivity index (χ4v) is 2.09. The molecule has 0 radical (unpaired) electrons. The molecule has 1 fully saturated rings. The Balaban J connectivity index is 1.76. The maximum atomic E-state index is 12.2. The summed E-state index contributed by atoms with van der Waals surface area (Å²) in [6.45, 7) is 4.02. The molecular weight excluding hydrogens is 250 g/mol. The van der Waals surface area contributed by atoms with E-state index >= 15 is 0 Å². The van der Waals surface area contributed by atoms with Crippen LogP contribution in [0.4, 0.5) is 5.69 Å². The summed E-state index contributed by atoms with van der Waals surface area (Å²) < 4.78 is 0. The van der Waals surface area contributed by atoms with Crippen molar-refractivity contribution in [3.63, 3.8) is 0 Å². The van der Waals surface area contributed by atoms with Crippen LogP contribution in [0.15, 0.2) is 30.6 Å². The summed E-state index contributed by atoms with van der Waals surface area (Å²) in [7, 11) is 0. The van der Waals surface area contributed by atoms with Crippen molar-refractivity contribution in [2.75, 3.05) is 5.32 Å². The Morgan fingerprint density at radius 2 is 1.90 bits per heavy atom. The predicted molar refractivity (Wildman–Crippen MR) is 77.9 cm³/mol. The van der Waals surface area contributed by atoms with Gasteiger partial charge in [-0.1, -0.05) is 12.1 Å². The molecule has 1 aromatic heterocycles. The fourth-order valence-electron chi connectivity index (χ4n) is 2.09. The molecule has 1 aromatic carbocycles. The zero-order valence-corrected chi connectivity index (χ0v) is 11.7. The van der Waals surface area contributed by atoms with Gasteiger partial charge in [-0.15, -0.1) is 0 Å². The summed E-state index contributed by atoms with van der Waals surface area (Å²) in [6, 6.07) is 5.86. The highest BCUT2D eigenvalue weighted by molar-refractivity contribution is 6.04. The number of nitrogens with one attached hydrogen (secondary N) is 1. The highest BCUT2D eigenvalue weighted by atomic mass is 16.1. The van der Waals surface area contributed by atoms with Crippen molar-refractivity contribution in [3.8, 4) is 0 Å². The van der Waals surface area contributed by atoms with E-state index in [0.717, 1.165) is 35.5 Å². The van der Waals surface area contributed by atoms with Crippen LogP contribution in [0.5, 0.6) is 0 Å². The third kappa shape index (κ3) is 2.54. The second-order valence-corrected chi connectivity index (χ2v) is 5.31. The van der Waals surface area contributed by atoms with Crippen LogP contribution < -0.4 is 5.32 Å². The highest BCUT2D eigenvalue weighted by Gasteiger charge is 2.26. The van der Waals surface area contributed by atoms with Crippen LogP contribution >= 0.6 is 0 Å². The third-order valence-electron chi connectivity index (χ3n) is 3.73. The second-order valence-electron chi connectivity index (χ2n) is 5.31. The summed E-state index contributed by atoms with van der Waals surface area (Å²) in [5.41, 5.74) is 3.57. The molecule has 4 nitrogen and oxygen atoms in total. The molecule has 2 aromatic rings. The number of nitrogens with zero attached hydrogens (tertiary/aromatic N) is 2. The Bertz CT molecular complexity index is 645. The summed E-state index contributed by atoms with van der Waals surface area (Å²) in [5.74, 6) is 1.19. The van der Waals surface area contributed by atoms with E-state index in [1.807, 2.05) is 32.0 Å². The Morgan fingerprint density at radius 1 is 1.20 bits per heavy atom. The molecule has 1 aliphatic rings. The summed E-state index contributed by atoms with van der Waals surface area (Å²) in [4.78, 5) is 20.7. The van der Waals surface area contributed by atoms with Crippen LogP contribution in [0, 0.1) is 13.8 Å². The van der Waals surface area contributed by atoms with Crippen molar-refractivity contribution in [1.29, 1.82) is 0 Å². The molecule has 0 spiro atoms. The molecular formula is C16H17N3O. The first-order chi connectivity index (χ1) is 9.65. The van der Waals surface area contributed by atoms with E-state index in [1.165, 1.54) is 0 Å². The van der Waals surface area contributed by atoms with E-state index < -0.39 is 0 Å². The van der Waals surface area contributed by atoms with E-state index in [0.29, 0.717) is 11.5 Å². The van der Waals surface area contributed by atoms with Crippen LogP contribution in [0.3, 0.4) is 0 Å². The number of amides is 1. The Kier molecular flexibility index (Phi) is 3.22. The van der Waals surface area contributed by atoms with Crippen LogP contribution in [-0.4, -0.2) is 15.9 Å². The lowest BCUT2D eigenvalue weighted by Crippen LogP contribution is -2.14. The standard InChI is InChI=1S/C16H17N3O/c1-10-4-3-5-14(11(10)2)19-16(20)13-8-17-15(18-9-13)12-6-7-12/h3-5,8-9,12H,6-7H2,1-2H3,(H,19,20). The van der Waals surface area contributed by atoms with Crippen molar-refractivity contribution >= 4 is 11.6 Å². The quantitative estimate of drug-likeness (QED) is 0.929. The molecule has 3 rings (SSSR count). The molecule has 1 aliphatic carbocycles. The third-order valence-corrected chi connectivity index (χ3v) is 3.73. The minimum Gasteiger partial charge on any atom is -0.322 e. The van der Waals surface area contributed by atoms with E-state index in [1.54, 1.807) is 12.4 Å². The summed E-state index contributed by atoms with van der Waals surface area (Å²) >= 11 is 0. The van der Waals surface area contributed by atoms with Crippen LogP contribution in [0.25, 0.3) is 0 Å². The largest absolute Gasteiger partial charge is 0.322 e. The summed E-state index contributed by atoms with van der Waals surface area (Å²) in [6.07, 6.45) is 5.55. The van der Waals surface area contributed by atoms with Crippen molar-refractivity contribution in [2.24, 2.45) is 0 Å². The van der Waals surface area contributed by atoms with Gasteiger partial charge in [-0.3, -0.25) is 4.79 Å². The van der Waals surface area contributed by atoms with Gasteiger partial charge in [0.2, 0.25) is 0 Å². The molecule has 0 saturated heterocycles. The lowest BCUT2D eigenvalue weighted by Gasteiger charge is -2.10. The summed E-state index contributed by atoms with van der Waals surface area (Å²) in [5, 5.41) is 2.91. The average Bonchev–Trinajstić information content (AvgIpc) is 3.29. The first-order valence-electron chi connectivity index (χ1n) is 6.84. The maximum Gasteiger partial charge on any atom is 0.258 e. The molecule has 1 heterocycles. The molecule has 1 amide bonds. The monoisotopic (exact) mass is 267 g/mol. The van der Waals surface area contributed by atoms with E-state index in [9.17, 15) is 4.79 Å². The minimum absolute atomic E-state index is 0.166. The maximum absolute atomic E-state index is 12.2. The lowest BCUT2D eigenvalue weighted by atomic mass is 10.1. The van der Waals surface area contributed by atoms with Crippen LogP contribution in [0.1, 0.15) is 46.1 Å². The first-order valence-corrected chi connectivity index (χ1v) is 6.84. The highest BCUT2D eigenvalue weighted by Crippen LogP contribution is 2.37. The van der Waals surface area contributed by atoms with Crippen LogP contribution in [-0.2, 0) is 0 Å². The number of carbonyl (C=O) groups is 1. The molecule has 0 aliphatic heterocycles. The van der Waals surface area contributed by atoms with Gasteiger partial charge in [0, 0.05) is 24.0 Å². The van der Waals surface area contributed by atoms with E-state index in [-0.39, 0.29) is 5.91 Å². The number of hydrogen-bond donors (Lipinski definition) is 1. The zero-order chi connectivity index (χ0) is 14.1. The van der Waals surface area contributed by atoms with Gasteiger partial charge < -0.3 is 5.32 Å². The number of aryl methyl sites for hydroxylation is 1. The molecule has 0 unspecified atom stereocenters. The van der Waals surface area contributed by atoms with Gasteiger partial charge in [-0.05, 0) is 43.9 Å². The molecule has 1 saturated carbocycles. The number of carbonyl (C=O) groups excluding carboxylic acids is 1. The van der Waals surface area contributed by atoms with Gasteiger partial charge >= 0.3 is 0 Å². The van der Waals surface area contributed by atoms with Gasteiger partial charge in [-0.25, -0.2) is 9.97 Å². The molecule has 102 valence electrons. The van der Waals surface area contributed by atoms with Crippen LogP contribution in [0.2, 0.25) is 0 Å². The van der Waals surface area contributed by atoms with Gasteiger partial charge in [0.15, 0.2) is 0 Å². The molecule has 20 heavy (non-hydrogen) atoms. The van der Waals surface area contributed by atoms with Crippen molar-refractivity contribution in [1.82, 2.24) is 9.97 Å². The number of aromatic nitrogens is 2. The molecule has 0 bridgehead atoms. The van der Waals surface area contributed by atoms with E-state index in [4.69, 9.17) is 0 Å². The lowest BCUT2D eigenvalue weighted by molar-refractivity contribution is 0.102. The minimum atomic E-state index is -0.166. The number of hydrogen-bond acceptors (Lipinski definition) is 3. The van der Waals surface area contributed by atoms with Gasteiger partial charge in [0.25, 0.3) is 5.91 Å². The number of rotatable bonds is 3. The number of benzene rings is 1. The molecule has 1 N–H and O–H groups in total. The SMILES string of the molecule is Cc1cccc(NC(=O)c2cnc(C3CC3)nc2)c1C. The zero-order valence-electron chi connectivity index (χ0n) is 11.7. The Morgan fingerprint density at radius 3 is 2.55 bits per heavy atom. The normalized spacial score (nSPS) is 14.1. The van der Waals surface area contributed by atoms with Crippen molar-refractivity contribution < 1.29 is 4.79 Å². The Hall–Kier alpha value is -2.23. The van der Waals surface area contributed by atoms with Gasteiger partial charge in [-0.2, -0.15) is 0 Å². The predicted octanol–water partition coefficient (Wildman–Crippen LogP) is 3.22. The first kappa shape index (κ1) is 12.8. The second kappa shape index (κ2) is 5.04. The molecule has 4 heteroatoms. The van der Waals surface area contributed by atoms with Gasteiger partial charge in [0.05, 0.1) is 5.56 Å². The average molecular weight is 267 g/mol. The van der Waals surface area contributed by atoms with Gasteiger partial charge in [0.1, 0.15) is 5.82 Å². The fraction of sp³-hybridized carbons (Fsp3) is 0.312. The Labute approximate surface area is 118 Å². The van der Waals surface area contributed by atoms with E-state index in [2.05, 4.69) is 15.3 Å². The van der Waals surface area contributed by atoms with Crippen molar-refractivity contribution in [2.45, 2.75) is 32.6 Å². The topological polar surface area (TPSA) is 54.9 Å². The number of anilines is 1.